The molecule has 7 rings (SSSR count). The first kappa shape index (κ1) is 21.7. The zero-order valence-electron chi connectivity index (χ0n) is 19.9. The van der Waals surface area contributed by atoms with Gasteiger partial charge < -0.3 is 0 Å². The number of fused-ring (bicyclic) bond motifs is 5. The van der Waals surface area contributed by atoms with Gasteiger partial charge in [0, 0.05) is 0 Å². The minimum Gasteiger partial charge on any atom is -0.297 e. The maximum Gasteiger partial charge on any atom is 0.232 e. The molecule has 1 heterocycles. The third-order valence-electron chi connectivity index (χ3n) is 8.42. The van der Waals surface area contributed by atoms with Crippen LogP contribution in [0, 0.1) is 11.8 Å². The lowest BCUT2D eigenvalue weighted by molar-refractivity contribution is -0.132. The second-order valence-electron chi connectivity index (χ2n) is 9.97. The number of hydrogen-bond donors (Lipinski definition) is 1. The van der Waals surface area contributed by atoms with Crippen molar-refractivity contribution in [3.05, 3.63) is 144 Å². The van der Waals surface area contributed by atoms with Crippen LogP contribution in [0.2, 0.25) is 0 Å². The fourth-order valence-electron chi connectivity index (χ4n) is 7.26. The number of benzene rings is 4. The first-order valence-corrected chi connectivity index (χ1v) is 12.5. The fourth-order valence-corrected chi connectivity index (χ4v) is 7.26. The van der Waals surface area contributed by atoms with Crippen molar-refractivity contribution in [3.8, 4) is 0 Å². The monoisotopic (exact) mass is 481 g/mol. The summed E-state index contributed by atoms with van der Waals surface area (Å²) in [5.74, 6) is -2.57. The summed E-state index contributed by atoms with van der Waals surface area (Å²) in [4.78, 5) is 42.6. The van der Waals surface area contributed by atoms with E-state index in [1.54, 1.807) is 0 Å². The number of carbonyl (C=O) groups excluding carboxylic acids is 3. The van der Waals surface area contributed by atoms with E-state index in [0.29, 0.717) is 0 Å². The molecule has 0 unspecified atom stereocenters. The van der Waals surface area contributed by atoms with Crippen molar-refractivity contribution in [3.63, 3.8) is 0 Å². The Morgan fingerprint density at radius 3 is 1.14 bits per heavy atom. The lowest BCUT2D eigenvalue weighted by Crippen LogP contribution is -2.44. The van der Waals surface area contributed by atoms with Gasteiger partial charge in [-0.25, -0.2) is 0 Å². The van der Waals surface area contributed by atoms with E-state index in [-0.39, 0.29) is 17.6 Å². The summed E-state index contributed by atoms with van der Waals surface area (Å²) in [5, 5.41) is 2.62. The molecule has 0 spiro atoms. The molecule has 4 heteroatoms. The summed E-state index contributed by atoms with van der Waals surface area (Å²) in [6.07, 6.45) is 0. The highest BCUT2D eigenvalue weighted by molar-refractivity contribution is 6.35. The van der Waals surface area contributed by atoms with Crippen LogP contribution in [-0.2, 0) is 25.2 Å². The van der Waals surface area contributed by atoms with Crippen LogP contribution >= 0.6 is 0 Å². The molecule has 0 aromatic heterocycles. The number of ketones is 1. The molecule has 2 aliphatic carbocycles. The van der Waals surface area contributed by atoms with E-state index >= 15 is 4.79 Å². The highest BCUT2D eigenvalue weighted by atomic mass is 16.2. The van der Waals surface area contributed by atoms with Crippen LogP contribution in [-0.4, -0.2) is 17.6 Å². The molecule has 178 valence electrons. The van der Waals surface area contributed by atoms with Gasteiger partial charge in [0.1, 0.15) is 0 Å². The summed E-state index contributed by atoms with van der Waals surface area (Å²) in [5.41, 5.74) is 2.22. The molecule has 1 aliphatic heterocycles. The largest absolute Gasteiger partial charge is 0.297 e. The van der Waals surface area contributed by atoms with Crippen molar-refractivity contribution in [2.75, 3.05) is 0 Å². The second kappa shape index (κ2) is 7.71. The quantitative estimate of drug-likeness (QED) is 0.419. The van der Waals surface area contributed by atoms with E-state index in [2.05, 4.69) is 5.32 Å². The van der Waals surface area contributed by atoms with Crippen molar-refractivity contribution in [1.82, 2.24) is 5.32 Å². The van der Waals surface area contributed by atoms with Crippen molar-refractivity contribution in [1.29, 1.82) is 0 Å². The maximum absolute atomic E-state index is 15.3. The third-order valence-corrected chi connectivity index (χ3v) is 8.42. The Hall–Kier alpha value is -4.57. The molecular formula is C33H23NO3. The van der Waals surface area contributed by atoms with Gasteiger partial charge in [-0.05, 0) is 33.4 Å². The Bertz CT molecular complexity index is 1480. The standard InChI is InChI=1S/C33H23NO3/c35-29-27-28(30(36)34-29)33(24-19-11-4-12-20-24)26(22-15-7-2-8-16-22)25(21-13-5-1-6-14-21)32(27,31(33)37)23-17-9-3-10-18-23/h1-20,27-28H,(H,34,35,36)/t27-,28-,32+,33+/m1/s1. The Kier molecular flexibility index (Phi) is 4.52. The van der Waals surface area contributed by atoms with Gasteiger partial charge in [-0.3, -0.25) is 19.7 Å². The number of imide groups is 1. The normalized spacial score (nSPS) is 27.9. The Morgan fingerprint density at radius 2 is 0.784 bits per heavy atom. The molecule has 4 nitrogen and oxygen atoms in total. The molecule has 2 bridgehead atoms. The average molecular weight is 482 g/mol. The zero-order valence-corrected chi connectivity index (χ0v) is 19.9. The van der Waals surface area contributed by atoms with Gasteiger partial charge in [-0.1, -0.05) is 121 Å². The molecule has 4 aromatic carbocycles. The molecule has 2 amide bonds. The minimum absolute atomic E-state index is 0.103. The van der Waals surface area contributed by atoms with E-state index < -0.39 is 22.7 Å². The van der Waals surface area contributed by atoms with Crippen molar-refractivity contribution in [2.45, 2.75) is 10.8 Å². The minimum atomic E-state index is -1.31. The number of allylic oxidation sites excluding steroid dienone is 2. The van der Waals surface area contributed by atoms with E-state index in [4.69, 9.17) is 0 Å². The number of hydrogen-bond acceptors (Lipinski definition) is 3. The van der Waals surface area contributed by atoms with Crippen LogP contribution in [0.25, 0.3) is 11.1 Å². The first-order chi connectivity index (χ1) is 18.1. The van der Waals surface area contributed by atoms with Crippen LogP contribution in [0.4, 0.5) is 0 Å². The van der Waals surface area contributed by atoms with Gasteiger partial charge in [0.05, 0.1) is 22.7 Å². The lowest BCUT2D eigenvalue weighted by atomic mass is 9.59. The summed E-state index contributed by atoms with van der Waals surface area (Å²) in [6.45, 7) is 0. The van der Waals surface area contributed by atoms with Crippen LogP contribution in [0.1, 0.15) is 22.3 Å². The third kappa shape index (κ3) is 2.54. The number of amides is 2. The van der Waals surface area contributed by atoms with E-state index in [1.165, 1.54) is 0 Å². The number of carbonyl (C=O) groups is 3. The van der Waals surface area contributed by atoms with Gasteiger partial charge >= 0.3 is 0 Å². The predicted octanol–water partition coefficient (Wildman–Crippen LogP) is 4.96. The molecule has 0 radical (unpaired) electrons. The van der Waals surface area contributed by atoms with Gasteiger partial charge in [-0.15, -0.1) is 0 Å². The predicted molar refractivity (Wildman–Crippen MR) is 141 cm³/mol. The van der Waals surface area contributed by atoms with Crippen LogP contribution in [0.3, 0.4) is 0 Å². The van der Waals surface area contributed by atoms with E-state index in [9.17, 15) is 9.59 Å². The lowest BCUT2D eigenvalue weighted by Gasteiger charge is -2.39. The van der Waals surface area contributed by atoms with Crippen LogP contribution in [0.15, 0.2) is 121 Å². The molecule has 4 aromatic rings. The molecule has 37 heavy (non-hydrogen) atoms. The van der Waals surface area contributed by atoms with E-state index in [1.807, 2.05) is 121 Å². The Balaban J connectivity index is 1.73. The highest BCUT2D eigenvalue weighted by Crippen LogP contribution is 2.73. The summed E-state index contributed by atoms with van der Waals surface area (Å²) >= 11 is 0. The number of rotatable bonds is 4. The Morgan fingerprint density at radius 1 is 0.459 bits per heavy atom. The highest BCUT2D eigenvalue weighted by Gasteiger charge is 2.81. The van der Waals surface area contributed by atoms with Gasteiger partial charge in [-0.2, -0.15) is 0 Å². The van der Waals surface area contributed by atoms with E-state index in [0.717, 1.165) is 33.4 Å². The number of nitrogens with one attached hydrogen (secondary N) is 1. The topological polar surface area (TPSA) is 63.2 Å². The number of Topliss-reactive ketones (excluding diaryl/α,β-unsaturated/α-hetero) is 1. The first-order valence-electron chi connectivity index (χ1n) is 12.5. The van der Waals surface area contributed by atoms with Crippen LogP contribution < -0.4 is 5.32 Å². The van der Waals surface area contributed by atoms with Crippen LogP contribution in [0.5, 0.6) is 0 Å². The zero-order chi connectivity index (χ0) is 25.2. The van der Waals surface area contributed by atoms with Gasteiger partial charge in [0.2, 0.25) is 11.8 Å². The molecule has 3 aliphatic rings. The second-order valence-corrected chi connectivity index (χ2v) is 9.97. The average Bonchev–Trinajstić information content (AvgIpc) is 3.49. The molecule has 4 atom stereocenters. The summed E-state index contributed by atoms with van der Waals surface area (Å²) in [6, 6.07) is 38.8. The SMILES string of the molecule is O=C1NC(=O)[C@H]2[C@H]1[C@@]1(c3ccccc3)C(=O)[C@@]2(c2ccccc2)C(c2ccccc2)=C1c1ccccc1. The van der Waals surface area contributed by atoms with Gasteiger partial charge in [0.15, 0.2) is 5.78 Å². The van der Waals surface area contributed by atoms with Crippen molar-refractivity contribution in [2.24, 2.45) is 11.8 Å². The molecular weight excluding hydrogens is 458 g/mol. The summed E-state index contributed by atoms with van der Waals surface area (Å²) in [7, 11) is 0. The van der Waals surface area contributed by atoms with Crippen molar-refractivity contribution >= 4 is 28.7 Å². The molecule has 1 saturated carbocycles. The molecule has 2 fully saturated rings. The van der Waals surface area contributed by atoms with Crippen molar-refractivity contribution < 1.29 is 14.4 Å². The smallest absolute Gasteiger partial charge is 0.232 e. The Labute approximate surface area is 214 Å². The molecule has 1 saturated heterocycles. The molecule has 1 N–H and O–H groups in total. The maximum atomic E-state index is 15.3. The van der Waals surface area contributed by atoms with Gasteiger partial charge in [0.25, 0.3) is 0 Å². The summed E-state index contributed by atoms with van der Waals surface area (Å²) < 4.78 is 0. The fraction of sp³-hybridized carbons (Fsp3) is 0.121.